The van der Waals surface area contributed by atoms with Crippen LogP contribution in [0.5, 0.6) is 0 Å². The normalized spacial score (nSPS) is 11.6. The van der Waals surface area contributed by atoms with E-state index >= 15 is 0 Å². The van der Waals surface area contributed by atoms with E-state index in [-0.39, 0.29) is 0 Å². The molecule has 1 aromatic carbocycles. The molecule has 0 atom stereocenters. The van der Waals surface area contributed by atoms with E-state index in [0.29, 0.717) is 5.95 Å². The Kier molecular flexibility index (Phi) is 3.23. The first-order chi connectivity index (χ1) is 8.22. The lowest BCUT2D eigenvalue weighted by Gasteiger charge is -2.07. The highest BCUT2D eigenvalue weighted by atomic mass is 15.4. The van der Waals surface area contributed by atoms with Gasteiger partial charge in [0.25, 0.3) is 0 Å². The maximum atomic E-state index is 4.42. The minimum absolute atomic E-state index is 0.709. The summed E-state index contributed by atoms with van der Waals surface area (Å²) < 4.78 is 1.80. The lowest BCUT2D eigenvalue weighted by atomic mass is 10.1. The molecule has 0 radical (unpaired) electrons. The quantitative estimate of drug-likeness (QED) is 0.808. The largest absolute Gasteiger partial charge is 0.346 e. The molecule has 4 nitrogen and oxygen atoms in total. The van der Waals surface area contributed by atoms with Crippen molar-refractivity contribution in [3.8, 4) is 0 Å². The summed E-state index contributed by atoms with van der Waals surface area (Å²) in [4.78, 5) is 6.13. The Hall–Kier alpha value is -2.10. The summed E-state index contributed by atoms with van der Waals surface area (Å²) in [6.45, 7) is 2.00. The summed E-state index contributed by atoms with van der Waals surface area (Å²) in [6.07, 6.45) is 3.76. The number of aromatic nitrogens is 3. The Labute approximate surface area is 101 Å². The number of rotatable bonds is 3. The minimum atomic E-state index is 0.709. The second-order valence-corrected chi connectivity index (χ2v) is 3.92. The molecule has 0 aliphatic rings. The molecule has 0 aliphatic carbocycles. The minimum Gasteiger partial charge on any atom is -0.346 e. The molecule has 0 amide bonds. The Bertz CT molecular complexity index is 511. The third kappa shape index (κ3) is 2.36. The van der Waals surface area contributed by atoms with Crippen molar-refractivity contribution < 1.29 is 0 Å². The molecular formula is C13H16N4. The van der Waals surface area contributed by atoms with Crippen molar-refractivity contribution in [2.45, 2.75) is 6.92 Å². The molecule has 0 spiro atoms. The Morgan fingerprint density at radius 2 is 1.94 bits per heavy atom. The number of hydrogen-bond acceptors (Lipinski definition) is 3. The fourth-order valence-electron chi connectivity index (χ4n) is 1.62. The van der Waals surface area contributed by atoms with Crippen LogP contribution in [-0.4, -0.2) is 28.9 Å². The van der Waals surface area contributed by atoms with E-state index in [1.165, 1.54) is 0 Å². The van der Waals surface area contributed by atoms with Crippen molar-refractivity contribution in [1.82, 2.24) is 14.8 Å². The lowest BCUT2D eigenvalue weighted by Crippen LogP contribution is -2.11. The maximum Gasteiger partial charge on any atom is 0.244 e. The first-order valence-corrected chi connectivity index (χ1v) is 5.53. The van der Waals surface area contributed by atoms with E-state index in [1.54, 1.807) is 11.0 Å². The van der Waals surface area contributed by atoms with Crippen LogP contribution in [0.25, 0.3) is 5.70 Å². The maximum absolute atomic E-state index is 4.42. The van der Waals surface area contributed by atoms with Gasteiger partial charge in [-0.2, -0.15) is 4.98 Å². The van der Waals surface area contributed by atoms with Gasteiger partial charge >= 0.3 is 0 Å². The van der Waals surface area contributed by atoms with Crippen molar-refractivity contribution >= 4 is 11.6 Å². The third-order valence-electron chi connectivity index (χ3n) is 2.47. The lowest BCUT2D eigenvalue weighted by molar-refractivity contribution is 0.885. The van der Waals surface area contributed by atoms with E-state index in [0.717, 1.165) is 11.3 Å². The van der Waals surface area contributed by atoms with Crippen molar-refractivity contribution in [3.63, 3.8) is 0 Å². The van der Waals surface area contributed by atoms with E-state index in [1.807, 2.05) is 50.2 Å². The number of benzene rings is 1. The molecule has 1 aromatic heterocycles. The van der Waals surface area contributed by atoms with E-state index in [9.17, 15) is 0 Å². The molecular weight excluding hydrogens is 212 g/mol. The zero-order chi connectivity index (χ0) is 12.3. The van der Waals surface area contributed by atoms with Crippen LogP contribution < -0.4 is 4.90 Å². The predicted molar refractivity (Wildman–Crippen MR) is 69.8 cm³/mol. The zero-order valence-electron chi connectivity index (χ0n) is 10.3. The second-order valence-electron chi connectivity index (χ2n) is 3.92. The fourth-order valence-corrected chi connectivity index (χ4v) is 1.62. The van der Waals surface area contributed by atoms with Crippen molar-refractivity contribution in [2.24, 2.45) is 0 Å². The van der Waals surface area contributed by atoms with Gasteiger partial charge in [0.15, 0.2) is 0 Å². The predicted octanol–water partition coefficient (Wildman–Crippen LogP) is 2.25. The molecule has 0 saturated heterocycles. The summed E-state index contributed by atoms with van der Waals surface area (Å²) in [5.41, 5.74) is 2.16. The second kappa shape index (κ2) is 4.82. The standard InChI is InChI=1S/C13H16N4/c1-4-12(11-8-6-5-7-9-11)17-10-14-13(15-17)16(2)3/h4-10H,1-3H3/b12-4+. The SMILES string of the molecule is C/C=C(\c1ccccc1)n1cnc(N(C)C)n1. The number of hydrogen-bond donors (Lipinski definition) is 0. The third-order valence-corrected chi connectivity index (χ3v) is 2.47. The van der Waals surface area contributed by atoms with Crippen molar-refractivity contribution in [2.75, 3.05) is 19.0 Å². The van der Waals surface area contributed by atoms with Gasteiger partial charge in [0.2, 0.25) is 5.95 Å². The summed E-state index contributed by atoms with van der Waals surface area (Å²) >= 11 is 0. The molecule has 88 valence electrons. The van der Waals surface area contributed by atoms with Crippen LogP contribution >= 0.6 is 0 Å². The van der Waals surface area contributed by atoms with E-state index < -0.39 is 0 Å². The number of allylic oxidation sites excluding steroid dienone is 1. The zero-order valence-corrected chi connectivity index (χ0v) is 10.3. The Morgan fingerprint density at radius 3 is 2.47 bits per heavy atom. The van der Waals surface area contributed by atoms with Crippen molar-refractivity contribution in [1.29, 1.82) is 0 Å². The Morgan fingerprint density at radius 1 is 1.24 bits per heavy atom. The average molecular weight is 228 g/mol. The summed E-state index contributed by atoms with van der Waals surface area (Å²) in [5.74, 6) is 0.709. The highest BCUT2D eigenvalue weighted by molar-refractivity contribution is 5.64. The van der Waals surface area contributed by atoms with Gasteiger partial charge in [0.05, 0.1) is 5.70 Å². The van der Waals surface area contributed by atoms with Crippen LogP contribution in [0, 0.1) is 0 Å². The van der Waals surface area contributed by atoms with Crippen molar-refractivity contribution in [3.05, 3.63) is 48.3 Å². The van der Waals surface area contributed by atoms with Crippen LogP contribution in [0.4, 0.5) is 5.95 Å². The molecule has 0 aliphatic heterocycles. The highest BCUT2D eigenvalue weighted by Gasteiger charge is 2.07. The molecule has 0 bridgehead atoms. The van der Waals surface area contributed by atoms with Gasteiger partial charge in [0.1, 0.15) is 6.33 Å². The van der Waals surface area contributed by atoms with Gasteiger partial charge < -0.3 is 4.90 Å². The molecule has 0 N–H and O–H groups in total. The molecule has 4 heteroatoms. The van der Waals surface area contributed by atoms with Gasteiger partial charge in [-0.05, 0) is 12.5 Å². The molecule has 1 heterocycles. The van der Waals surface area contributed by atoms with E-state index in [2.05, 4.69) is 22.2 Å². The molecule has 17 heavy (non-hydrogen) atoms. The summed E-state index contributed by atoms with van der Waals surface area (Å²) in [5, 5.41) is 4.42. The van der Waals surface area contributed by atoms with Crippen LogP contribution in [-0.2, 0) is 0 Å². The number of anilines is 1. The Balaban J connectivity index is 2.37. The van der Waals surface area contributed by atoms with Gasteiger partial charge in [-0.15, -0.1) is 5.10 Å². The molecule has 0 saturated carbocycles. The van der Waals surface area contributed by atoms with Gasteiger partial charge in [-0.25, -0.2) is 4.68 Å². The van der Waals surface area contributed by atoms with E-state index in [4.69, 9.17) is 0 Å². The molecule has 2 aromatic rings. The monoisotopic (exact) mass is 228 g/mol. The number of nitrogens with zero attached hydrogens (tertiary/aromatic N) is 4. The topological polar surface area (TPSA) is 34.0 Å². The van der Waals surface area contributed by atoms with Gasteiger partial charge in [-0.1, -0.05) is 36.4 Å². The smallest absolute Gasteiger partial charge is 0.244 e. The molecule has 0 fully saturated rings. The first-order valence-electron chi connectivity index (χ1n) is 5.53. The van der Waals surface area contributed by atoms with Crippen LogP contribution in [0.1, 0.15) is 12.5 Å². The van der Waals surface area contributed by atoms with Crippen LogP contribution in [0.15, 0.2) is 42.7 Å². The van der Waals surface area contributed by atoms with Gasteiger partial charge in [-0.3, -0.25) is 0 Å². The fraction of sp³-hybridized carbons (Fsp3) is 0.231. The molecule has 0 unspecified atom stereocenters. The molecule has 2 rings (SSSR count). The van der Waals surface area contributed by atoms with Crippen LogP contribution in [0.3, 0.4) is 0 Å². The highest BCUT2D eigenvalue weighted by Crippen LogP contribution is 2.16. The summed E-state index contributed by atoms with van der Waals surface area (Å²) in [6, 6.07) is 10.2. The van der Waals surface area contributed by atoms with Crippen LogP contribution in [0.2, 0.25) is 0 Å². The average Bonchev–Trinajstić information content (AvgIpc) is 2.81. The van der Waals surface area contributed by atoms with Gasteiger partial charge in [0, 0.05) is 14.1 Å². The summed E-state index contributed by atoms with van der Waals surface area (Å²) in [7, 11) is 3.86. The first kappa shape index (κ1) is 11.4.